The van der Waals surface area contributed by atoms with Crippen LogP contribution in [-0.4, -0.2) is 40.9 Å². The summed E-state index contributed by atoms with van der Waals surface area (Å²) >= 11 is 0. The van der Waals surface area contributed by atoms with E-state index in [2.05, 4.69) is 10.3 Å². The molecule has 26 heavy (non-hydrogen) atoms. The fourth-order valence-corrected chi connectivity index (χ4v) is 3.41. The van der Waals surface area contributed by atoms with Crippen molar-refractivity contribution in [3.8, 4) is 22.4 Å². The standard InChI is InChI=1S/C20H20N4O2/c1-26-13-16-9-12-22-20(25)19-17(14-5-3-2-4-6-14)18(23-24(16)19)15-7-10-21-11-8-15/h2-8,10-11,16H,9,12-13H2,1H3,(H,22,25)/t16-/m1/s1. The lowest BCUT2D eigenvalue weighted by atomic mass is 9.99. The number of hydrogen-bond donors (Lipinski definition) is 1. The quantitative estimate of drug-likeness (QED) is 0.787. The third-order valence-corrected chi connectivity index (χ3v) is 4.61. The molecule has 132 valence electrons. The van der Waals surface area contributed by atoms with E-state index >= 15 is 0 Å². The topological polar surface area (TPSA) is 69.0 Å². The molecule has 0 bridgehead atoms. The van der Waals surface area contributed by atoms with Crippen molar-refractivity contribution in [3.05, 3.63) is 60.6 Å². The minimum atomic E-state index is -0.102. The minimum absolute atomic E-state index is 0.00648. The van der Waals surface area contributed by atoms with Crippen molar-refractivity contribution in [3.63, 3.8) is 0 Å². The lowest BCUT2D eigenvalue weighted by Crippen LogP contribution is -2.23. The maximum absolute atomic E-state index is 12.9. The Labute approximate surface area is 151 Å². The fourth-order valence-electron chi connectivity index (χ4n) is 3.41. The van der Waals surface area contributed by atoms with Crippen molar-refractivity contribution in [2.75, 3.05) is 20.3 Å². The highest BCUT2D eigenvalue weighted by molar-refractivity contribution is 6.03. The van der Waals surface area contributed by atoms with Crippen LogP contribution in [0.25, 0.3) is 22.4 Å². The second-order valence-corrected chi connectivity index (χ2v) is 6.27. The van der Waals surface area contributed by atoms with Gasteiger partial charge < -0.3 is 10.1 Å². The first-order chi connectivity index (χ1) is 12.8. The molecule has 0 saturated carbocycles. The second kappa shape index (κ2) is 7.09. The number of nitrogens with zero attached hydrogens (tertiary/aromatic N) is 3. The third kappa shape index (κ3) is 2.88. The first kappa shape index (κ1) is 16.5. The number of fused-ring (bicyclic) bond motifs is 1. The molecule has 1 aliphatic rings. The maximum atomic E-state index is 12.9. The fraction of sp³-hybridized carbons (Fsp3) is 0.250. The van der Waals surface area contributed by atoms with Crippen molar-refractivity contribution >= 4 is 5.91 Å². The molecule has 0 radical (unpaired) electrons. The number of methoxy groups -OCH3 is 1. The summed E-state index contributed by atoms with van der Waals surface area (Å²) in [7, 11) is 1.67. The van der Waals surface area contributed by atoms with E-state index in [0.29, 0.717) is 18.8 Å². The number of carbonyl (C=O) groups is 1. The van der Waals surface area contributed by atoms with Crippen LogP contribution in [-0.2, 0) is 4.74 Å². The van der Waals surface area contributed by atoms with Crippen LogP contribution in [0.4, 0.5) is 0 Å². The monoisotopic (exact) mass is 348 g/mol. The van der Waals surface area contributed by atoms with Gasteiger partial charge in [0.05, 0.1) is 12.6 Å². The predicted molar refractivity (Wildman–Crippen MR) is 98.8 cm³/mol. The van der Waals surface area contributed by atoms with Gasteiger partial charge in [0, 0.05) is 37.2 Å². The van der Waals surface area contributed by atoms with Crippen LogP contribution < -0.4 is 5.32 Å². The third-order valence-electron chi connectivity index (χ3n) is 4.61. The van der Waals surface area contributed by atoms with Gasteiger partial charge in [-0.3, -0.25) is 14.5 Å². The number of carbonyl (C=O) groups excluding carboxylic acids is 1. The first-order valence-corrected chi connectivity index (χ1v) is 8.65. The molecule has 6 heteroatoms. The molecule has 1 aromatic carbocycles. The zero-order chi connectivity index (χ0) is 17.9. The molecule has 3 aromatic rings. The van der Waals surface area contributed by atoms with E-state index < -0.39 is 0 Å². The average Bonchev–Trinajstić information content (AvgIpc) is 3.02. The Morgan fingerprint density at radius 2 is 1.92 bits per heavy atom. The number of ether oxygens (including phenoxy) is 1. The van der Waals surface area contributed by atoms with Crippen molar-refractivity contribution in [1.82, 2.24) is 20.1 Å². The highest BCUT2D eigenvalue weighted by Gasteiger charge is 2.31. The van der Waals surface area contributed by atoms with Crippen LogP contribution in [0.15, 0.2) is 54.9 Å². The number of pyridine rings is 1. The zero-order valence-corrected chi connectivity index (χ0v) is 14.6. The van der Waals surface area contributed by atoms with Crippen molar-refractivity contribution in [2.45, 2.75) is 12.5 Å². The molecule has 2 aromatic heterocycles. The second-order valence-electron chi connectivity index (χ2n) is 6.27. The number of hydrogen-bond acceptors (Lipinski definition) is 4. The number of nitrogens with one attached hydrogen (secondary N) is 1. The lowest BCUT2D eigenvalue weighted by molar-refractivity contribution is 0.0950. The van der Waals surface area contributed by atoms with E-state index in [1.54, 1.807) is 19.5 Å². The Bertz CT molecular complexity index is 906. The highest BCUT2D eigenvalue weighted by atomic mass is 16.5. The van der Waals surface area contributed by atoms with Crippen molar-refractivity contribution in [1.29, 1.82) is 0 Å². The zero-order valence-electron chi connectivity index (χ0n) is 14.6. The summed E-state index contributed by atoms with van der Waals surface area (Å²) < 4.78 is 7.22. The van der Waals surface area contributed by atoms with Crippen molar-refractivity contribution < 1.29 is 9.53 Å². The lowest BCUT2D eigenvalue weighted by Gasteiger charge is -2.15. The molecular formula is C20H20N4O2. The molecular weight excluding hydrogens is 328 g/mol. The van der Waals surface area contributed by atoms with E-state index in [4.69, 9.17) is 9.84 Å². The normalized spacial score (nSPS) is 16.7. The van der Waals surface area contributed by atoms with E-state index in [1.165, 1.54) is 0 Å². The van der Waals surface area contributed by atoms with Gasteiger partial charge in [0.2, 0.25) is 0 Å². The van der Waals surface area contributed by atoms with Crippen LogP contribution in [0.2, 0.25) is 0 Å². The Hall–Kier alpha value is -2.99. The van der Waals surface area contributed by atoms with Gasteiger partial charge in [-0.15, -0.1) is 0 Å². The van der Waals surface area contributed by atoms with Gasteiger partial charge in [-0.05, 0) is 24.1 Å². The molecule has 0 saturated heterocycles. The molecule has 3 heterocycles. The summed E-state index contributed by atoms with van der Waals surface area (Å²) in [6.45, 7) is 1.11. The maximum Gasteiger partial charge on any atom is 0.270 e. The number of rotatable bonds is 4. The molecule has 0 spiro atoms. The summed E-state index contributed by atoms with van der Waals surface area (Å²) in [5.41, 5.74) is 4.11. The van der Waals surface area contributed by atoms with E-state index in [0.717, 1.165) is 28.8 Å². The molecule has 1 amide bonds. The van der Waals surface area contributed by atoms with E-state index in [1.807, 2.05) is 47.1 Å². The predicted octanol–water partition coefficient (Wildman–Crippen LogP) is 2.93. The van der Waals surface area contributed by atoms with Crippen molar-refractivity contribution in [2.24, 2.45) is 0 Å². The number of aromatic nitrogens is 3. The van der Waals surface area contributed by atoms with E-state index in [9.17, 15) is 4.79 Å². The van der Waals surface area contributed by atoms with Gasteiger partial charge in [0.15, 0.2) is 0 Å². The summed E-state index contributed by atoms with van der Waals surface area (Å²) in [6, 6.07) is 13.7. The Balaban J connectivity index is 1.99. The van der Waals surface area contributed by atoms with Crippen LogP contribution in [0, 0.1) is 0 Å². The summed E-state index contributed by atoms with van der Waals surface area (Å²) in [5.74, 6) is -0.102. The molecule has 0 fully saturated rings. The first-order valence-electron chi connectivity index (χ1n) is 8.65. The van der Waals surface area contributed by atoms with Gasteiger partial charge in [-0.2, -0.15) is 5.10 Å². The van der Waals surface area contributed by atoms with Gasteiger partial charge in [0.1, 0.15) is 11.4 Å². The van der Waals surface area contributed by atoms with Crippen LogP contribution >= 0.6 is 0 Å². The number of amides is 1. The summed E-state index contributed by atoms with van der Waals surface area (Å²) in [6.07, 6.45) is 4.25. The number of benzene rings is 1. The Kier molecular flexibility index (Phi) is 4.50. The molecule has 4 rings (SSSR count). The smallest absolute Gasteiger partial charge is 0.270 e. The molecule has 1 atom stereocenters. The molecule has 1 N–H and O–H groups in total. The van der Waals surface area contributed by atoms with Gasteiger partial charge in [-0.1, -0.05) is 30.3 Å². The molecule has 1 aliphatic heterocycles. The molecule has 6 nitrogen and oxygen atoms in total. The minimum Gasteiger partial charge on any atom is -0.382 e. The van der Waals surface area contributed by atoms with Gasteiger partial charge >= 0.3 is 0 Å². The SMILES string of the molecule is COC[C@H]1CCNC(=O)c2c(-c3ccccc3)c(-c3ccncc3)nn21. The van der Waals surface area contributed by atoms with Gasteiger partial charge in [0.25, 0.3) is 5.91 Å². The summed E-state index contributed by atoms with van der Waals surface area (Å²) in [5, 5.41) is 7.85. The summed E-state index contributed by atoms with van der Waals surface area (Å²) in [4.78, 5) is 17.0. The van der Waals surface area contributed by atoms with Gasteiger partial charge in [-0.25, -0.2) is 0 Å². The highest BCUT2D eigenvalue weighted by Crippen LogP contribution is 2.36. The Morgan fingerprint density at radius 3 is 2.65 bits per heavy atom. The van der Waals surface area contributed by atoms with Crippen LogP contribution in [0.1, 0.15) is 23.0 Å². The van der Waals surface area contributed by atoms with Crippen LogP contribution in [0.5, 0.6) is 0 Å². The molecule has 0 unspecified atom stereocenters. The van der Waals surface area contributed by atoms with Crippen LogP contribution in [0.3, 0.4) is 0 Å². The van der Waals surface area contributed by atoms with E-state index in [-0.39, 0.29) is 11.9 Å². The molecule has 0 aliphatic carbocycles. The Morgan fingerprint density at radius 1 is 1.15 bits per heavy atom. The average molecular weight is 348 g/mol. The largest absolute Gasteiger partial charge is 0.382 e.